The van der Waals surface area contributed by atoms with Crippen molar-refractivity contribution in [1.29, 1.82) is 0 Å². The van der Waals surface area contributed by atoms with Crippen LogP contribution in [0.3, 0.4) is 0 Å². The number of halogens is 2. The molecule has 100 valence electrons. The quantitative estimate of drug-likeness (QED) is 0.904. The maximum absolute atomic E-state index is 14.1. The summed E-state index contributed by atoms with van der Waals surface area (Å²) < 4.78 is 14.1. The van der Waals surface area contributed by atoms with Crippen molar-refractivity contribution in [3.05, 3.63) is 34.6 Å². The molecule has 0 spiro atoms. The van der Waals surface area contributed by atoms with Gasteiger partial charge in [0.25, 0.3) is 0 Å². The summed E-state index contributed by atoms with van der Waals surface area (Å²) in [5.74, 6) is -0.181. The zero-order valence-corrected chi connectivity index (χ0v) is 11.5. The molecule has 1 aliphatic heterocycles. The number of hydrogen-bond acceptors (Lipinski definition) is 2. The summed E-state index contributed by atoms with van der Waals surface area (Å²) >= 11 is 5.82. The van der Waals surface area contributed by atoms with Crippen LogP contribution in [0.25, 0.3) is 0 Å². The Balaban J connectivity index is 2.22. The first-order valence-electron chi connectivity index (χ1n) is 6.62. The van der Waals surface area contributed by atoms with Gasteiger partial charge in [0.05, 0.1) is 0 Å². The minimum Gasteiger partial charge on any atom is -0.314 e. The van der Waals surface area contributed by atoms with Crippen molar-refractivity contribution in [3.8, 4) is 0 Å². The SMILES string of the molecule is CCC[C@@H](c1ccc(Cl)cc1F)N1CCNCC1. The van der Waals surface area contributed by atoms with Gasteiger partial charge >= 0.3 is 0 Å². The number of nitrogens with zero attached hydrogens (tertiary/aromatic N) is 1. The minimum atomic E-state index is -0.181. The van der Waals surface area contributed by atoms with Crippen molar-refractivity contribution in [1.82, 2.24) is 10.2 Å². The molecule has 1 atom stereocenters. The van der Waals surface area contributed by atoms with Gasteiger partial charge in [-0.15, -0.1) is 0 Å². The van der Waals surface area contributed by atoms with Gasteiger partial charge in [0.2, 0.25) is 0 Å². The molecule has 0 bridgehead atoms. The Kier molecular flexibility index (Phi) is 4.98. The molecule has 2 rings (SSSR count). The summed E-state index contributed by atoms with van der Waals surface area (Å²) in [5.41, 5.74) is 0.781. The average molecular weight is 271 g/mol. The molecule has 1 aromatic carbocycles. The smallest absolute Gasteiger partial charge is 0.129 e. The van der Waals surface area contributed by atoms with E-state index in [-0.39, 0.29) is 11.9 Å². The van der Waals surface area contributed by atoms with Gasteiger partial charge in [0.15, 0.2) is 0 Å². The lowest BCUT2D eigenvalue weighted by Crippen LogP contribution is -2.45. The first-order valence-corrected chi connectivity index (χ1v) is 7.00. The van der Waals surface area contributed by atoms with Crippen LogP contribution in [-0.2, 0) is 0 Å². The van der Waals surface area contributed by atoms with E-state index in [4.69, 9.17) is 11.6 Å². The van der Waals surface area contributed by atoms with E-state index in [1.807, 2.05) is 6.07 Å². The topological polar surface area (TPSA) is 15.3 Å². The Hall–Kier alpha value is -0.640. The van der Waals surface area contributed by atoms with Gasteiger partial charge in [-0.25, -0.2) is 4.39 Å². The van der Waals surface area contributed by atoms with Crippen LogP contribution in [0.1, 0.15) is 31.4 Å². The second-order valence-electron chi connectivity index (χ2n) is 4.76. The molecule has 1 aliphatic rings. The molecule has 0 aliphatic carbocycles. The average Bonchev–Trinajstić information content (AvgIpc) is 2.38. The molecule has 1 saturated heterocycles. The highest BCUT2D eigenvalue weighted by Gasteiger charge is 2.23. The molecule has 1 aromatic rings. The van der Waals surface area contributed by atoms with Crippen LogP contribution in [0, 0.1) is 5.82 Å². The first-order chi connectivity index (χ1) is 8.72. The monoisotopic (exact) mass is 270 g/mol. The molecule has 1 N–H and O–H groups in total. The fourth-order valence-electron chi connectivity index (χ4n) is 2.57. The summed E-state index contributed by atoms with van der Waals surface area (Å²) in [7, 11) is 0. The van der Waals surface area contributed by atoms with Crippen LogP contribution in [0.4, 0.5) is 4.39 Å². The maximum Gasteiger partial charge on any atom is 0.129 e. The molecular formula is C14H20ClFN2. The van der Waals surface area contributed by atoms with Gasteiger partial charge in [-0.3, -0.25) is 4.90 Å². The van der Waals surface area contributed by atoms with Crippen molar-refractivity contribution < 1.29 is 4.39 Å². The van der Waals surface area contributed by atoms with E-state index in [2.05, 4.69) is 17.1 Å². The predicted octanol–water partition coefficient (Wildman–Crippen LogP) is 3.23. The summed E-state index contributed by atoms with van der Waals surface area (Å²) in [6.45, 7) is 6.06. The molecule has 1 fully saturated rings. The van der Waals surface area contributed by atoms with Crippen molar-refractivity contribution in [3.63, 3.8) is 0 Å². The summed E-state index contributed by atoms with van der Waals surface area (Å²) in [4.78, 5) is 2.37. The third-order valence-electron chi connectivity index (χ3n) is 3.48. The molecule has 0 aromatic heterocycles. The number of nitrogens with one attached hydrogen (secondary N) is 1. The predicted molar refractivity (Wildman–Crippen MR) is 73.5 cm³/mol. The van der Waals surface area contributed by atoms with E-state index in [9.17, 15) is 4.39 Å². The fourth-order valence-corrected chi connectivity index (χ4v) is 2.73. The Morgan fingerprint density at radius 3 is 2.72 bits per heavy atom. The molecule has 4 heteroatoms. The summed E-state index contributed by atoms with van der Waals surface area (Å²) in [5, 5.41) is 3.79. The first kappa shape index (κ1) is 13.8. The molecule has 0 unspecified atom stereocenters. The van der Waals surface area contributed by atoms with E-state index in [0.717, 1.165) is 44.6 Å². The van der Waals surface area contributed by atoms with Crippen molar-refractivity contribution in [2.24, 2.45) is 0 Å². The maximum atomic E-state index is 14.1. The Morgan fingerprint density at radius 2 is 2.11 bits per heavy atom. The van der Waals surface area contributed by atoms with E-state index >= 15 is 0 Å². The molecule has 1 heterocycles. The van der Waals surface area contributed by atoms with Crippen molar-refractivity contribution in [2.75, 3.05) is 26.2 Å². The highest BCUT2D eigenvalue weighted by Crippen LogP contribution is 2.29. The van der Waals surface area contributed by atoms with Crippen molar-refractivity contribution >= 4 is 11.6 Å². The van der Waals surface area contributed by atoms with Crippen LogP contribution < -0.4 is 5.32 Å². The molecule has 0 radical (unpaired) electrons. The minimum absolute atomic E-state index is 0.175. The second-order valence-corrected chi connectivity index (χ2v) is 5.19. The summed E-state index contributed by atoms with van der Waals surface area (Å²) in [6.07, 6.45) is 2.04. The van der Waals surface area contributed by atoms with E-state index in [1.165, 1.54) is 6.07 Å². The normalized spacial score (nSPS) is 18.8. The molecule has 2 nitrogen and oxygen atoms in total. The van der Waals surface area contributed by atoms with E-state index in [0.29, 0.717) is 5.02 Å². The highest BCUT2D eigenvalue weighted by molar-refractivity contribution is 6.30. The van der Waals surface area contributed by atoms with Crippen LogP contribution in [0.2, 0.25) is 5.02 Å². The molecule has 0 saturated carbocycles. The summed E-state index contributed by atoms with van der Waals surface area (Å²) in [6, 6.07) is 5.21. The van der Waals surface area contributed by atoms with Crippen molar-refractivity contribution in [2.45, 2.75) is 25.8 Å². The second kappa shape index (κ2) is 6.50. The van der Waals surface area contributed by atoms with Gasteiger partial charge in [0.1, 0.15) is 5.82 Å². The molecule has 18 heavy (non-hydrogen) atoms. The fraction of sp³-hybridized carbons (Fsp3) is 0.571. The zero-order valence-electron chi connectivity index (χ0n) is 10.8. The van der Waals surface area contributed by atoms with Gasteiger partial charge in [0, 0.05) is 42.8 Å². The standard InChI is InChI=1S/C14H20ClFN2/c1-2-3-14(18-8-6-17-7-9-18)12-5-4-11(15)10-13(12)16/h4-5,10,14,17H,2-3,6-9H2,1H3/t14-/m0/s1. The van der Waals surface area contributed by atoms with E-state index in [1.54, 1.807) is 6.07 Å². The van der Waals surface area contributed by atoms with Gasteiger partial charge in [-0.1, -0.05) is 31.0 Å². The molecular weight excluding hydrogens is 251 g/mol. The number of piperazine rings is 1. The Labute approximate surface area is 113 Å². The Bertz CT molecular complexity index is 391. The lowest BCUT2D eigenvalue weighted by atomic mass is 9.99. The lowest BCUT2D eigenvalue weighted by Gasteiger charge is -2.35. The van der Waals surface area contributed by atoms with E-state index < -0.39 is 0 Å². The molecule has 0 amide bonds. The van der Waals surface area contributed by atoms with Crippen LogP contribution in [0.15, 0.2) is 18.2 Å². The number of hydrogen-bond donors (Lipinski definition) is 1. The Morgan fingerprint density at radius 1 is 1.39 bits per heavy atom. The largest absolute Gasteiger partial charge is 0.314 e. The van der Waals surface area contributed by atoms with Crippen LogP contribution in [-0.4, -0.2) is 31.1 Å². The highest BCUT2D eigenvalue weighted by atomic mass is 35.5. The third kappa shape index (κ3) is 3.22. The van der Waals surface area contributed by atoms with Crippen LogP contribution in [0.5, 0.6) is 0 Å². The third-order valence-corrected chi connectivity index (χ3v) is 3.71. The van der Waals surface area contributed by atoms with Crippen LogP contribution >= 0.6 is 11.6 Å². The lowest BCUT2D eigenvalue weighted by molar-refractivity contribution is 0.161. The zero-order chi connectivity index (χ0) is 13.0. The number of benzene rings is 1. The van der Waals surface area contributed by atoms with Gasteiger partial charge in [-0.2, -0.15) is 0 Å². The van der Waals surface area contributed by atoms with Gasteiger partial charge in [-0.05, 0) is 18.6 Å². The number of rotatable bonds is 4. The van der Waals surface area contributed by atoms with Gasteiger partial charge < -0.3 is 5.32 Å².